The van der Waals surface area contributed by atoms with Crippen LogP contribution in [-0.2, 0) is 11.3 Å². The topological polar surface area (TPSA) is 33.7 Å². The van der Waals surface area contributed by atoms with Crippen molar-refractivity contribution in [3.63, 3.8) is 0 Å². The average Bonchev–Trinajstić information content (AvgIpc) is 2.45. The number of benzene rings is 1. The Balaban J connectivity index is 1.83. The number of morpholine rings is 1. The van der Waals surface area contributed by atoms with Crippen LogP contribution in [-0.4, -0.2) is 50.4 Å². The minimum atomic E-state index is 0.322. The van der Waals surface area contributed by atoms with Crippen molar-refractivity contribution < 1.29 is 9.47 Å². The van der Waals surface area contributed by atoms with Crippen LogP contribution in [0.4, 0.5) is 0 Å². The molecule has 1 saturated heterocycles. The molecule has 0 amide bonds. The van der Waals surface area contributed by atoms with Gasteiger partial charge in [-0.3, -0.25) is 4.90 Å². The summed E-state index contributed by atoms with van der Waals surface area (Å²) in [4.78, 5) is 2.44. The van der Waals surface area contributed by atoms with Crippen LogP contribution in [0.15, 0.2) is 24.3 Å². The van der Waals surface area contributed by atoms with Gasteiger partial charge in [0.2, 0.25) is 0 Å². The fourth-order valence-corrected chi connectivity index (χ4v) is 2.54. The first-order valence-corrected chi connectivity index (χ1v) is 7.41. The molecule has 1 aromatic rings. The predicted octanol–water partition coefficient (Wildman–Crippen LogP) is 1.89. The molecule has 1 N–H and O–H groups in total. The van der Waals surface area contributed by atoms with Gasteiger partial charge >= 0.3 is 0 Å². The van der Waals surface area contributed by atoms with Crippen LogP contribution in [0, 0.1) is 0 Å². The number of para-hydroxylation sites is 1. The van der Waals surface area contributed by atoms with Crippen molar-refractivity contribution in [2.75, 3.05) is 33.4 Å². The van der Waals surface area contributed by atoms with E-state index in [1.54, 1.807) is 0 Å². The second-order valence-corrected chi connectivity index (χ2v) is 5.47. The Morgan fingerprint density at radius 2 is 2.15 bits per heavy atom. The summed E-state index contributed by atoms with van der Waals surface area (Å²) in [7, 11) is 1.95. The number of rotatable bonds is 6. The van der Waals surface area contributed by atoms with Gasteiger partial charge in [-0.05, 0) is 27.0 Å². The number of nitrogens with zero attached hydrogens (tertiary/aromatic N) is 1. The van der Waals surface area contributed by atoms with Gasteiger partial charge in [-0.25, -0.2) is 0 Å². The van der Waals surface area contributed by atoms with E-state index in [1.807, 2.05) is 25.2 Å². The molecular weight excluding hydrogens is 252 g/mol. The van der Waals surface area contributed by atoms with E-state index in [4.69, 9.17) is 9.47 Å². The molecule has 4 heteroatoms. The van der Waals surface area contributed by atoms with Crippen LogP contribution in [0.2, 0.25) is 0 Å². The first-order chi connectivity index (χ1) is 9.70. The second kappa shape index (κ2) is 7.62. The highest BCUT2D eigenvalue weighted by Gasteiger charge is 2.22. The Morgan fingerprint density at radius 1 is 1.35 bits per heavy atom. The zero-order valence-corrected chi connectivity index (χ0v) is 12.8. The van der Waals surface area contributed by atoms with Gasteiger partial charge in [0.15, 0.2) is 0 Å². The summed E-state index contributed by atoms with van der Waals surface area (Å²) in [5.41, 5.74) is 1.21. The third-order valence-electron chi connectivity index (χ3n) is 3.71. The Bertz CT molecular complexity index is 411. The maximum atomic E-state index is 5.95. The lowest BCUT2D eigenvalue weighted by Crippen LogP contribution is -2.48. The third kappa shape index (κ3) is 4.20. The molecule has 2 unspecified atom stereocenters. The molecule has 20 heavy (non-hydrogen) atoms. The summed E-state index contributed by atoms with van der Waals surface area (Å²) in [5, 5.41) is 3.17. The van der Waals surface area contributed by atoms with Gasteiger partial charge in [-0.1, -0.05) is 18.2 Å². The van der Waals surface area contributed by atoms with Crippen LogP contribution in [0.5, 0.6) is 5.75 Å². The Hall–Kier alpha value is -1.10. The third-order valence-corrected chi connectivity index (χ3v) is 3.71. The van der Waals surface area contributed by atoms with Crippen LogP contribution >= 0.6 is 0 Å². The Morgan fingerprint density at radius 3 is 2.95 bits per heavy atom. The van der Waals surface area contributed by atoms with Crippen molar-refractivity contribution in [3.05, 3.63) is 29.8 Å². The maximum absolute atomic E-state index is 5.95. The van der Waals surface area contributed by atoms with Gasteiger partial charge in [0, 0.05) is 31.2 Å². The van der Waals surface area contributed by atoms with Gasteiger partial charge in [0.1, 0.15) is 12.4 Å². The lowest BCUT2D eigenvalue weighted by atomic mass is 10.2. The molecule has 2 rings (SSSR count). The molecule has 0 aromatic heterocycles. The Kier molecular flexibility index (Phi) is 5.83. The molecule has 0 spiro atoms. The number of ether oxygens (including phenoxy) is 2. The standard InChI is InChI=1S/C16H26N2O2/c1-13-12-20-14(2)11-18(13)8-9-19-16-7-5-4-6-15(16)10-17-3/h4-7,13-14,17H,8-12H2,1-3H3. The number of hydrogen-bond donors (Lipinski definition) is 1. The zero-order valence-electron chi connectivity index (χ0n) is 12.8. The highest BCUT2D eigenvalue weighted by Crippen LogP contribution is 2.18. The van der Waals surface area contributed by atoms with Crippen molar-refractivity contribution in [2.45, 2.75) is 32.5 Å². The maximum Gasteiger partial charge on any atom is 0.123 e. The molecule has 2 atom stereocenters. The zero-order chi connectivity index (χ0) is 14.4. The van der Waals surface area contributed by atoms with E-state index in [0.29, 0.717) is 12.1 Å². The lowest BCUT2D eigenvalue weighted by molar-refractivity contribution is -0.0522. The predicted molar refractivity (Wildman–Crippen MR) is 81.1 cm³/mol. The minimum Gasteiger partial charge on any atom is -0.492 e. The number of nitrogens with one attached hydrogen (secondary N) is 1. The van der Waals surface area contributed by atoms with Crippen molar-refractivity contribution in [1.29, 1.82) is 0 Å². The molecule has 1 heterocycles. The van der Waals surface area contributed by atoms with Crippen LogP contribution in [0.1, 0.15) is 19.4 Å². The fraction of sp³-hybridized carbons (Fsp3) is 0.625. The van der Waals surface area contributed by atoms with E-state index in [-0.39, 0.29) is 0 Å². The highest BCUT2D eigenvalue weighted by atomic mass is 16.5. The Labute approximate surface area is 122 Å². The molecule has 1 aliphatic rings. The lowest BCUT2D eigenvalue weighted by Gasteiger charge is -2.36. The highest BCUT2D eigenvalue weighted by molar-refractivity contribution is 5.33. The van der Waals surface area contributed by atoms with E-state index in [1.165, 1.54) is 5.56 Å². The van der Waals surface area contributed by atoms with Crippen LogP contribution in [0.3, 0.4) is 0 Å². The van der Waals surface area contributed by atoms with Crippen molar-refractivity contribution in [1.82, 2.24) is 10.2 Å². The number of hydrogen-bond acceptors (Lipinski definition) is 4. The molecule has 1 aromatic carbocycles. The van der Waals surface area contributed by atoms with Gasteiger partial charge in [-0.2, -0.15) is 0 Å². The van der Waals surface area contributed by atoms with E-state index < -0.39 is 0 Å². The van der Waals surface area contributed by atoms with Gasteiger partial charge in [-0.15, -0.1) is 0 Å². The van der Waals surface area contributed by atoms with E-state index >= 15 is 0 Å². The first kappa shape index (κ1) is 15.3. The molecular formula is C16H26N2O2. The largest absolute Gasteiger partial charge is 0.492 e. The molecule has 112 valence electrons. The van der Waals surface area contributed by atoms with E-state index in [9.17, 15) is 0 Å². The van der Waals surface area contributed by atoms with Crippen molar-refractivity contribution >= 4 is 0 Å². The van der Waals surface area contributed by atoms with Crippen LogP contribution in [0.25, 0.3) is 0 Å². The normalized spacial score (nSPS) is 23.8. The minimum absolute atomic E-state index is 0.322. The molecule has 0 saturated carbocycles. The van der Waals surface area contributed by atoms with Crippen molar-refractivity contribution in [2.24, 2.45) is 0 Å². The van der Waals surface area contributed by atoms with Gasteiger partial charge in [0.25, 0.3) is 0 Å². The summed E-state index contributed by atoms with van der Waals surface area (Å²) in [6, 6.07) is 8.69. The summed E-state index contributed by atoms with van der Waals surface area (Å²) < 4.78 is 11.6. The fourth-order valence-electron chi connectivity index (χ4n) is 2.54. The first-order valence-electron chi connectivity index (χ1n) is 7.41. The van der Waals surface area contributed by atoms with Crippen LogP contribution < -0.4 is 10.1 Å². The molecule has 0 bridgehead atoms. The summed E-state index contributed by atoms with van der Waals surface area (Å²) in [6.07, 6.45) is 0.322. The summed E-state index contributed by atoms with van der Waals surface area (Å²) in [6.45, 7) is 8.64. The molecule has 0 aliphatic carbocycles. The smallest absolute Gasteiger partial charge is 0.123 e. The van der Waals surface area contributed by atoms with Crippen molar-refractivity contribution in [3.8, 4) is 5.75 Å². The monoisotopic (exact) mass is 278 g/mol. The van der Waals surface area contributed by atoms with Gasteiger partial charge in [0.05, 0.1) is 12.7 Å². The molecule has 0 radical (unpaired) electrons. The summed E-state index contributed by atoms with van der Waals surface area (Å²) >= 11 is 0. The molecule has 1 aliphatic heterocycles. The summed E-state index contributed by atoms with van der Waals surface area (Å²) in [5.74, 6) is 0.982. The molecule has 4 nitrogen and oxygen atoms in total. The van der Waals surface area contributed by atoms with E-state index in [0.717, 1.165) is 38.6 Å². The average molecular weight is 278 g/mol. The SMILES string of the molecule is CNCc1ccccc1OCCN1CC(C)OCC1C. The second-order valence-electron chi connectivity index (χ2n) is 5.47. The van der Waals surface area contributed by atoms with Gasteiger partial charge < -0.3 is 14.8 Å². The molecule has 1 fully saturated rings. The quantitative estimate of drug-likeness (QED) is 0.861. The van der Waals surface area contributed by atoms with E-state index in [2.05, 4.69) is 30.1 Å².